The maximum Gasteiger partial charge on any atom is 0.261 e. The van der Waals surface area contributed by atoms with E-state index >= 15 is 0 Å². The van der Waals surface area contributed by atoms with E-state index in [1.165, 1.54) is 11.3 Å². The minimum atomic E-state index is -0.264. The van der Waals surface area contributed by atoms with Crippen LogP contribution in [0.25, 0.3) is 0 Å². The predicted octanol–water partition coefficient (Wildman–Crippen LogP) is 1.73. The van der Waals surface area contributed by atoms with Crippen LogP contribution in [0, 0.1) is 0 Å². The molecule has 92 valence electrons. The van der Waals surface area contributed by atoms with Crippen molar-refractivity contribution in [2.24, 2.45) is 0 Å². The Balaban J connectivity index is 2.25. The van der Waals surface area contributed by atoms with E-state index in [-0.39, 0.29) is 17.0 Å². The Hall–Kier alpha value is -1.58. The summed E-state index contributed by atoms with van der Waals surface area (Å²) in [5.41, 5.74) is 0.939. The lowest BCUT2D eigenvalue weighted by Gasteiger charge is -2.25. The second-order valence-corrected chi connectivity index (χ2v) is 4.60. The standard InChI is InChI=1S/C13H18N2O2/c1-3-15(2)13(17)10-7-8-11(14-12(10)16)9-5-4-6-9/h7-9H,3-6H2,1-2H3,(H,14,16). The van der Waals surface area contributed by atoms with E-state index in [0.717, 1.165) is 18.5 Å². The summed E-state index contributed by atoms with van der Waals surface area (Å²) in [6.07, 6.45) is 3.50. The van der Waals surface area contributed by atoms with Crippen LogP contribution in [0.3, 0.4) is 0 Å². The summed E-state index contributed by atoms with van der Waals surface area (Å²) in [5.74, 6) is 0.268. The summed E-state index contributed by atoms with van der Waals surface area (Å²) in [4.78, 5) is 28.1. The summed E-state index contributed by atoms with van der Waals surface area (Å²) in [6, 6.07) is 3.53. The Morgan fingerprint density at radius 1 is 1.47 bits per heavy atom. The Kier molecular flexibility index (Phi) is 3.31. The molecule has 0 bridgehead atoms. The van der Waals surface area contributed by atoms with E-state index in [4.69, 9.17) is 0 Å². The molecule has 4 heteroatoms. The van der Waals surface area contributed by atoms with Gasteiger partial charge >= 0.3 is 0 Å². The quantitative estimate of drug-likeness (QED) is 0.866. The normalized spacial score (nSPS) is 15.4. The van der Waals surface area contributed by atoms with E-state index < -0.39 is 0 Å². The van der Waals surface area contributed by atoms with Crippen molar-refractivity contribution in [3.63, 3.8) is 0 Å². The summed E-state index contributed by atoms with van der Waals surface area (Å²) < 4.78 is 0. The molecule has 1 N–H and O–H groups in total. The number of nitrogens with one attached hydrogen (secondary N) is 1. The van der Waals surface area contributed by atoms with Gasteiger partial charge in [0.25, 0.3) is 11.5 Å². The van der Waals surface area contributed by atoms with Crippen LogP contribution >= 0.6 is 0 Å². The first-order valence-corrected chi connectivity index (χ1v) is 6.12. The third-order valence-corrected chi connectivity index (χ3v) is 3.53. The first-order chi connectivity index (χ1) is 8.13. The molecule has 1 aromatic rings. The highest BCUT2D eigenvalue weighted by molar-refractivity contribution is 5.93. The molecule has 0 aliphatic heterocycles. The lowest BCUT2D eigenvalue weighted by Crippen LogP contribution is -2.32. The summed E-state index contributed by atoms with van der Waals surface area (Å²) in [7, 11) is 1.70. The van der Waals surface area contributed by atoms with Crippen molar-refractivity contribution in [1.82, 2.24) is 9.88 Å². The average molecular weight is 234 g/mol. The molecule has 1 saturated carbocycles. The zero-order valence-electron chi connectivity index (χ0n) is 10.3. The molecule has 0 spiro atoms. The molecule has 4 nitrogen and oxygen atoms in total. The number of carbonyl (C=O) groups excluding carboxylic acids is 1. The van der Waals surface area contributed by atoms with E-state index in [1.54, 1.807) is 13.1 Å². The van der Waals surface area contributed by atoms with Crippen LogP contribution in [0.2, 0.25) is 0 Å². The second-order valence-electron chi connectivity index (χ2n) is 4.60. The number of hydrogen-bond donors (Lipinski definition) is 1. The minimum Gasteiger partial charge on any atom is -0.342 e. The van der Waals surface area contributed by atoms with Crippen molar-refractivity contribution in [2.45, 2.75) is 32.1 Å². The SMILES string of the molecule is CCN(C)C(=O)c1ccc(C2CCC2)[nH]c1=O. The molecular weight excluding hydrogens is 216 g/mol. The zero-order chi connectivity index (χ0) is 12.4. The highest BCUT2D eigenvalue weighted by Crippen LogP contribution is 2.34. The van der Waals surface area contributed by atoms with Gasteiger partial charge in [0.05, 0.1) is 0 Å². The maximum absolute atomic E-state index is 11.9. The Morgan fingerprint density at radius 2 is 2.18 bits per heavy atom. The van der Waals surface area contributed by atoms with Gasteiger partial charge in [-0.05, 0) is 37.8 Å². The van der Waals surface area contributed by atoms with E-state index in [9.17, 15) is 9.59 Å². The van der Waals surface area contributed by atoms with E-state index in [1.807, 2.05) is 13.0 Å². The van der Waals surface area contributed by atoms with Crippen LogP contribution in [0.1, 0.15) is 48.2 Å². The van der Waals surface area contributed by atoms with E-state index in [2.05, 4.69) is 4.98 Å². The molecule has 2 rings (SSSR count). The molecule has 1 heterocycles. The molecule has 0 radical (unpaired) electrons. The zero-order valence-corrected chi connectivity index (χ0v) is 10.3. The summed E-state index contributed by atoms with van der Waals surface area (Å²) in [6.45, 7) is 2.48. The largest absolute Gasteiger partial charge is 0.342 e. The predicted molar refractivity (Wildman–Crippen MR) is 66.3 cm³/mol. The van der Waals surface area contributed by atoms with Gasteiger partial charge in [-0.3, -0.25) is 9.59 Å². The van der Waals surface area contributed by atoms with Crippen molar-refractivity contribution in [2.75, 3.05) is 13.6 Å². The molecule has 1 amide bonds. The number of nitrogens with zero attached hydrogens (tertiary/aromatic N) is 1. The molecular formula is C13H18N2O2. The molecule has 0 saturated heterocycles. The Morgan fingerprint density at radius 3 is 2.65 bits per heavy atom. The van der Waals surface area contributed by atoms with Gasteiger partial charge in [0.1, 0.15) is 5.56 Å². The fraction of sp³-hybridized carbons (Fsp3) is 0.538. The smallest absolute Gasteiger partial charge is 0.261 e. The number of aromatic nitrogens is 1. The van der Waals surface area contributed by atoms with Gasteiger partial charge in [0.15, 0.2) is 0 Å². The number of amides is 1. The van der Waals surface area contributed by atoms with Gasteiger partial charge in [0, 0.05) is 19.3 Å². The number of rotatable bonds is 3. The molecule has 0 unspecified atom stereocenters. The van der Waals surface area contributed by atoms with Crippen LogP contribution < -0.4 is 5.56 Å². The molecule has 1 aromatic heterocycles. The molecule has 1 aliphatic carbocycles. The number of hydrogen-bond acceptors (Lipinski definition) is 2. The lowest BCUT2D eigenvalue weighted by atomic mass is 9.82. The lowest BCUT2D eigenvalue weighted by molar-refractivity contribution is 0.0800. The minimum absolute atomic E-state index is 0.214. The fourth-order valence-electron chi connectivity index (χ4n) is 1.96. The highest BCUT2D eigenvalue weighted by atomic mass is 16.2. The van der Waals surface area contributed by atoms with Crippen LogP contribution in [0.5, 0.6) is 0 Å². The number of pyridine rings is 1. The molecule has 0 aromatic carbocycles. The monoisotopic (exact) mass is 234 g/mol. The molecule has 17 heavy (non-hydrogen) atoms. The van der Waals surface area contributed by atoms with Gasteiger partial charge in [-0.2, -0.15) is 0 Å². The average Bonchev–Trinajstić information content (AvgIpc) is 2.25. The van der Waals surface area contributed by atoms with Crippen LogP contribution in [0.15, 0.2) is 16.9 Å². The van der Waals surface area contributed by atoms with Crippen LogP contribution in [-0.4, -0.2) is 29.4 Å². The number of aromatic amines is 1. The maximum atomic E-state index is 11.9. The second kappa shape index (κ2) is 4.73. The van der Waals surface area contributed by atoms with Gasteiger partial charge in [-0.25, -0.2) is 0 Å². The van der Waals surface area contributed by atoms with Gasteiger partial charge in [0.2, 0.25) is 0 Å². The van der Waals surface area contributed by atoms with Crippen molar-refractivity contribution in [3.05, 3.63) is 33.7 Å². The van der Waals surface area contributed by atoms with Crippen LogP contribution in [-0.2, 0) is 0 Å². The van der Waals surface area contributed by atoms with Crippen molar-refractivity contribution in [1.29, 1.82) is 0 Å². The van der Waals surface area contributed by atoms with Gasteiger partial charge in [-0.15, -0.1) is 0 Å². The third-order valence-electron chi connectivity index (χ3n) is 3.53. The van der Waals surface area contributed by atoms with Crippen molar-refractivity contribution < 1.29 is 4.79 Å². The third kappa shape index (κ3) is 2.25. The Labute approximate surface area is 101 Å². The molecule has 1 fully saturated rings. The summed E-state index contributed by atoms with van der Waals surface area (Å²) >= 11 is 0. The number of H-pyrrole nitrogens is 1. The van der Waals surface area contributed by atoms with Crippen LogP contribution in [0.4, 0.5) is 0 Å². The Bertz CT molecular complexity index is 475. The number of carbonyl (C=O) groups is 1. The first kappa shape index (κ1) is 11.9. The van der Waals surface area contributed by atoms with Crippen molar-refractivity contribution in [3.8, 4) is 0 Å². The van der Waals surface area contributed by atoms with Gasteiger partial charge in [-0.1, -0.05) is 6.42 Å². The summed E-state index contributed by atoms with van der Waals surface area (Å²) in [5, 5.41) is 0. The fourth-order valence-corrected chi connectivity index (χ4v) is 1.96. The first-order valence-electron chi connectivity index (χ1n) is 6.12. The van der Waals surface area contributed by atoms with E-state index in [0.29, 0.717) is 12.5 Å². The molecule has 0 atom stereocenters. The highest BCUT2D eigenvalue weighted by Gasteiger charge is 2.22. The topological polar surface area (TPSA) is 53.2 Å². The van der Waals surface area contributed by atoms with Crippen molar-refractivity contribution >= 4 is 5.91 Å². The van der Waals surface area contributed by atoms with Gasteiger partial charge < -0.3 is 9.88 Å². The molecule has 1 aliphatic rings.